The first-order valence-corrected chi connectivity index (χ1v) is 5.63. The van der Waals surface area contributed by atoms with Crippen LogP contribution in [0.5, 0.6) is 5.75 Å². The van der Waals surface area contributed by atoms with Gasteiger partial charge in [-0.05, 0) is 12.1 Å². The maximum absolute atomic E-state index is 11.4. The number of benzene rings is 1. The molecule has 1 fully saturated rings. The second kappa shape index (κ2) is 4.34. The highest BCUT2D eigenvalue weighted by molar-refractivity contribution is 5.94. The molecule has 1 saturated heterocycles. The molecule has 94 valence electrons. The van der Waals surface area contributed by atoms with Gasteiger partial charge >= 0.3 is 5.97 Å². The van der Waals surface area contributed by atoms with Gasteiger partial charge in [-0.1, -0.05) is 6.07 Å². The van der Waals surface area contributed by atoms with Gasteiger partial charge in [-0.25, -0.2) is 4.79 Å². The quantitative estimate of drug-likeness (QED) is 0.611. The van der Waals surface area contributed by atoms with Crippen LogP contribution in [0.4, 0.5) is 0 Å². The summed E-state index contributed by atoms with van der Waals surface area (Å²) in [6, 6.07) is 7.06. The van der Waals surface area contributed by atoms with Gasteiger partial charge in [0.2, 0.25) is 5.76 Å². The third-order valence-corrected chi connectivity index (χ3v) is 2.74. The van der Waals surface area contributed by atoms with E-state index >= 15 is 0 Å². The van der Waals surface area contributed by atoms with Gasteiger partial charge in [0.05, 0.1) is 19.1 Å². The second-order valence-corrected chi connectivity index (χ2v) is 4.04. The Balaban J connectivity index is 1.92. The van der Waals surface area contributed by atoms with Gasteiger partial charge in [-0.15, -0.1) is 0 Å². The summed E-state index contributed by atoms with van der Waals surface area (Å²) in [5.74, 6) is 0.357. The number of fused-ring (bicyclic) bond motifs is 1. The van der Waals surface area contributed by atoms with Crippen molar-refractivity contribution >= 4 is 16.9 Å². The Labute approximate surface area is 103 Å². The molecule has 1 aliphatic heterocycles. The number of carbonyl (C=O) groups excluding carboxylic acids is 1. The summed E-state index contributed by atoms with van der Waals surface area (Å²) in [5, 5.41) is 0.763. The summed E-state index contributed by atoms with van der Waals surface area (Å²) >= 11 is 0. The van der Waals surface area contributed by atoms with E-state index in [1.54, 1.807) is 12.1 Å². The Bertz CT molecular complexity index is 582. The van der Waals surface area contributed by atoms with Gasteiger partial charge in [-0.2, -0.15) is 0 Å². The minimum Gasteiger partial charge on any atom is -0.490 e. The molecule has 3 rings (SSSR count). The minimum atomic E-state index is -0.498. The molecule has 5 nitrogen and oxygen atoms in total. The molecule has 0 spiro atoms. The van der Waals surface area contributed by atoms with E-state index in [9.17, 15) is 4.79 Å². The molecule has 0 saturated carbocycles. The Morgan fingerprint density at radius 3 is 3.06 bits per heavy atom. The lowest BCUT2D eigenvalue weighted by Crippen LogP contribution is -2.03. The topological polar surface area (TPSA) is 61.2 Å². The van der Waals surface area contributed by atoms with Gasteiger partial charge < -0.3 is 18.6 Å². The van der Waals surface area contributed by atoms with Crippen molar-refractivity contribution in [1.29, 1.82) is 0 Å². The number of carbonyl (C=O) groups is 1. The molecule has 0 bridgehead atoms. The number of ether oxygens (including phenoxy) is 3. The van der Waals surface area contributed by atoms with Crippen LogP contribution in [0, 0.1) is 0 Å². The predicted molar refractivity (Wildman–Crippen MR) is 62.8 cm³/mol. The lowest BCUT2D eigenvalue weighted by atomic mass is 10.2. The summed E-state index contributed by atoms with van der Waals surface area (Å²) in [6.07, 6.45) is 0.187. The largest absolute Gasteiger partial charge is 0.490 e. The van der Waals surface area contributed by atoms with Crippen molar-refractivity contribution in [2.45, 2.75) is 6.10 Å². The van der Waals surface area contributed by atoms with Crippen LogP contribution in [-0.4, -0.2) is 32.4 Å². The third-order valence-electron chi connectivity index (χ3n) is 2.74. The van der Waals surface area contributed by atoms with Crippen molar-refractivity contribution in [3.8, 4) is 5.75 Å². The SMILES string of the molecule is COC(=O)c1cc2c(OCC3CO3)cccc2o1. The molecular weight excluding hydrogens is 236 g/mol. The van der Waals surface area contributed by atoms with Crippen molar-refractivity contribution in [3.63, 3.8) is 0 Å². The number of furan rings is 1. The summed E-state index contributed by atoms with van der Waals surface area (Å²) in [6.45, 7) is 1.26. The first kappa shape index (κ1) is 11.1. The number of methoxy groups -OCH3 is 1. The highest BCUT2D eigenvalue weighted by Crippen LogP contribution is 2.29. The summed E-state index contributed by atoms with van der Waals surface area (Å²) in [5.41, 5.74) is 0.601. The zero-order valence-electron chi connectivity index (χ0n) is 9.84. The molecule has 1 aromatic heterocycles. The van der Waals surface area contributed by atoms with E-state index in [1.165, 1.54) is 7.11 Å². The average Bonchev–Trinajstić information content (AvgIpc) is 3.12. The fourth-order valence-corrected chi connectivity index (χ4v) is 1.71. The zero-order chi connectivity index (χ0) is 12.5. The highest BCUT2D eigenvalue weighted by atomic mass is 16.6. The fraction of sp³-hybridized carbons (Fsp3) is 0.308. The summed E-state index contributed by atoms with van der Waals surface area (Å²) in [4.78, 5) is 11.4. The van der Waals surface area contributed by atoms with Crippen LogP contribution in [0.1, 0.15) is 10.6 Å². The van der Waals surface area contributed by atoms with E-state index in [0.29, 0.717) is 17.9 Å². The van der Waals surface area contributed by atoms with E-state index in [1.807, 2.05) is 12.1 Å². The van der Waals surface area contributed by atoms with Gasteiger partial charge in [0.25, 0.3) is 0 Å². The highest BCUT2D eigenvalue weighted by Gasteiger charge is 2.24. The molecule has 0 radical (unpaired) electrons. The Kier molecular flexibility index (Phi) is 2.68. The molecule has 0 amide bonds. The fourth-order valence-electron chi connectivity index (χ4n) is 1.71. The number of esters is 1. The van der Waals surface area contributed by atoms with E-state index in [-0.39, 0.29) is 11.9 Å². The number of rotatable bonds is 4. The number of epoxide rings is 1. The van der Waals surface area contributed by atoms with Crippen LogP contribution in [-0.2, 0) is 9.47 Å². The molecule has 2 aromatic rings. The molecule has 0 N–H and O–H groups in total. The lowest BCUT2D eigenvalue weighted by Gasteiger charge is -2.04. The first-order valence-electron chi connectivity index (χ1n) is 5.63. The molecule has 0 aliphatic carbocycles. The Hall–Kier alpha value is -2.01. The van der Waals surface area contributed by atoms with Gasteiger partial charge in [0.1, 0.15) is 24.0 Å². The maximum atomic E-state index is 11.4. The lowest BCUT2D eigenvalue weighted by molar-refractivity contribution is 0.0567. The monoisotopic (exact) mass is 248 g/mol. The van der Waals surface area contributed by atoms with E-state index in [0.717, 1.165) is 12.0 Å². The van der Waals surface area contributed by atoms with Crippen molar-refractivity contribution < 1.29 is 23.4 Å². The van der Waals surface area contributed by atoms with Crippen LogP contribution >= 0.6 is 0 Å². The van der Waals surface area contributed by atoms with Crippen LogP contribution in [0.25, 0.3) is 11.0 Å². The zero-order valence-corrected chi connectivity index (χ0v) is 9.84. The predicted octanol–water partition coefficient (Wildman–Crippen LogP) is 2.00. The standard InChI is InChI=1S/C13H12O5/c1-15-13(14)12-5-9-10(17-7-8-6-16-8)3-2-4-11(9)18-12/h2-5,8H,6-7H2,1H3. The molecule has 2 heterocycles. The smallest absolute Gasteiger partial charge is 0.373 e. The average molecular weight is 248 g/mol. The number of hydrogen-bond acceptors (Lipinski definition) is 5. The van der Waals surface area contributed by atoms with Crippen molar-refractivity contribution in [3.05, 3.63) is 30.0 Å². The van der Waals surface area contributed by atoms with Crippen LogP contribution in [0.2, 0.25) is 0 Å². The Morgan fingerprint density at radius 1 is 1.50 bits per heavy atom. The molecule has 5 heteroatoms. The molecule has 18 heavy (non-hydrogen) atoms. The normalized spacial score (nSPS) is 17.7. The van der Waals surface area contributed by atoms with Crippen LogP contribution < -0.4 is 4.74 Å². The van der Waals surface area contributed by atoms with Crippen molar-refractivity contribution in [2.75, 3.05) is 20.3 Å². The third kappa shape index (κ3) is 2.04. The van der Waals surface area contributed by atoms with Crippen LogP contribution in [0.3, 0.4) is 0 Å². The molecule has 1 aromatic carbocycles. The van der Waals surface area contributed by atoms with Crippen molar-refractivity contribution in [2.24, 2.45) is 0 Å². The molecule has 1 atom stereocenters. The minimum absolute atomic E-state index is 0.172. The molecule has 1 aliphatic rings. The number of hydrogen-bond donors (Lipinski definition) is 0. The molecular formula is C13H12O5. The maximum Gasteiger partial charge on any atom is 0.373 e. The van der Waals surface area contributed by atoms with Gasteiger partial charge in [0.15, 0.2) is 0 Å². The van der Waals surface area contributed by atoms with E-state index in [4.69, 9.17) is 13.9 Å². The van der Waals surface area contributed by atoms with Crippen molar-refractivity contribution in [1.82, 2.24) is 0 Å². The van der Waals surface area contributed by atoms with E-state index < -0.39 is 5.97 Å². The first-order chi connectivity index (χ1) is 8.78. The van der Waals surface area contributed by atoms with E-state index in [2.05, 4.69) is 4.74 Å². The summed E-state index contributed by atoms with van der Waals surface area (Å²) in [7, 11) is 1.32. The van der Waals surface area contributed by atoms with Crippen LogP contribution in [0.15, 0.2) is 28.7 Å². The molecule has 1 unspecified atom stereocenters. The summed E-state index contributed by atoms with van der Waals surface area (Å²) < 4.78 is 20.7. The van der Waals surface area contributed by atoms with Gasteiger partial charge in [-0.3, -0.25) is 0 Å². The second-order valence-electron chi connectivity index (χ2n) is 4.04. The Morgan fingerprint density at radius 2 is 2.33 bits per heavy atom. The van der Waals surface area contributed by atoms with Gasteiger partial charge in [0, 0.05) is 6.07 Å².